The first-order chi connectivity index (χ1) is 19.4. The molecule has 5 rings (SSSR count). The predicted octanol–water partition coefficient (Wildman–Crippen LogP) is 8.98. The summed E-state index contributed by atoms with van der Waals surface area (Å²) in [4.78, 5) is 31.3. The van der Waals surface area contributed by atoms with Crippen LogP contribution >= 0.6 is 46.3 Å². The number of carbonyl (C=O) groups is 2. The van der Waals surface area contributed by atoms with Crippen LogP contribution in [0.1, 0.15) is 21.2 Å². The van der Waals surface area contributed by atoms with Crippen LogP contribution in [0, 0.1) is 5.82 Å². The molecule has 1 unspecified atom stereocenters. The van der Waals surface area contributed by atoms with Crippen molar-refractivity contribution >= 4 is 68.9 Å². The summed E-state index contributed by atoms with van der Waals surface area (Å²) in [5, 5.41) is 8.45. The van der Waals surface area contributed by atoms with Crippen molar-refractivity contribution in [3.05, 3.63) is 129 Å². The molecular formula is C30H20Cl2FN3O2S2. The first kappa shape index (κ1) is 27.9. The molecule has 200 valence electrons. The Morgan fingerprint density at radius 2 is 1.60 bits per heavy atom. The zero-order valence-corrected chi connectivity index (χ0v) is 23.8. The summed E-state index contributed by atoms with van der Waals surface area (Å²) < 4.78 is 13.2. The Balaban J connectivity index is 1.30. The number of hydrogen-bond donors (Lipinski definition) is 2. The first-order valence-corrected chi connectivity index (χ1v) is 14.5. The number of thiazole rings is 1. The van der Waals surface area contributed by atoms with Crippen molar-refractivity contribution in [1.82, 2.24) is 4.98 Å². The third-order valence-corrected chi connectivity index (χ3v) is 8.33. The predicted molar refractivity (Wildman–Crippen MR) is 162 cm³/mol. The zero-order valence-electron chi connectivity index (χ0n) is 20.6. The number of carbonyl (C=O) groups excluding carboxylic acids is 2. The van der Waals surface area contributed by atoms with Crippen molar-refractivity contribution in [2.75, 3.05) is 10.6 Å². The number of halogens is 3. The van der Waals surface area contributed by atoms with Gasteiger partial charge >= 0.3 is 0 Å². The molecule has 1 atom stereocenters. The average Bonchev–Trinajstić information content (AvgIpc) is 3.41. The van der Waals surface area contributed by atoms with Gasteiger partial charge in [-0.25, -0.2) is 9.37 Å². The van der Waals surface area contributed by atoms with Crippen molar-refractivity contribution in [2.45, 2.75) is 10.1 Å². The summed E-state index contributed by atoms with van der Waals surface area (Å²) >= 11 is 15.0. The lowest BCUT2D eigenvalue weighted by molar-refractivity contribution is -0.115. The van der Waals surface area contributed by atoms with E-state index in [2.05, 4.69) is 15.6 Å². The van der Waals surface area contributed by atoms with Gasteiger partial charge in [0.2, 0.25) is 5.91 Å². The second-order valence-electron chi connectivity index (χ2n) is 8.55. The molecule has 1 heterocycles. The minimum absolute atomic E-state index is 0.229. The summed E-state index contributed by atoms with van der Waals surface area (Å²) in [5.74, 6) is -0.978. The number of nitrogens with zero attached hydrogens (tertiary/aromatic N) is 1. The fourth-order valence-corrected chi connectivity index (χ4v) is 6.02. The summed E-state index contributed by atoms with van der Waals surface area (Å²) in [6, 6.07) is 27.1. The molecule has 0 spiro atoms. The molecule has 0 saturated heterocycles. The second-order valence-corrected chi connectivity index (χ2v) is 11.4. The minimum atomic E-state index is -0.563. The van der Waals surface area contributed by atoms with Crippen LogP contribution in [0.25, 0.3) is 11.3 Å². The van der Waals surface area contributed by atoms with E-state index in [1.165, 1.54) is 47.4 Å². The minimum Gasteiger partial charge on any atom is -0.322 e. The molecule has 5 nitrogen and oxygen atoms in total. The lowest BCUT2D eigenvalue weighted by Crippen LogP contribution is -2.19. The average molecular weight is 609 g/mol. The van der Waals surface area contributed by atoms with Crippen LogP contribution in [0.3, 0.4) is 0 Å². The number of anilines is 2. The van der Waals surface area contributed by atoms with E-state index < -0.39 is 11.1 Å². The fourth-order valence-electron chi connectivity index (χ4n) is 3.78. The van der Waals surface area contributed by atoms with E-state index in [9.17, 15) is 14.0 Å². The molecule has 2 N–H and O–H groups in total. The smallest absolute Gasteiger partial charge is 0.255 e. The molecule has 2 amide bonds. The fraction of sp³-hybridized carbons (Fsp3) is 0.0333. The van der Waals surface area contributed by atoms with Gasteiger partial charge in [0, 0.05) is 32.1 Å². The maximum Gasteiger partial charge on any atom is 0.255 e. The van der Waals surface area contributed by atoms with Gasteiger partial charge in [0.15, 0.2) is 5.13 Å². The number of rotatable bonds is 8. The normalized spacial score (nSPS) is 11.6. The van der Waals surface area contributed by atoms with E-state index in [1.807, 2.05) is 47.8 Å². The monoisotopic (exact) mass is 607 g/mol. The quantitative estimate of drug-likeness (QED) is 0.173. The van der Waals surface area contributed by atoms with E-state index in [-0.39, 0.29) is 11.8 Å². The van der Waals surface area contributed by atoms with E-state index in [0.717, 1.165) is 16.0 Å². The zero-order chi connectivity index (χ0) is 28.1. The van der Waals surface area contributed by atoms with Crippen molar-refractivity contribution in [3.63, 3.8) is 0 Å². The van der Waals surface area contributed by atoms with E-state index in [1.54, 1.807) is 30.3 Å². The standard InChI is InChI=1S/C30H20Cl2FN3O2S2/c31-20-8-15-24(25(32)16-20)26-17-39-30(35-26)36-29(38)27(18-4-2-1-3-5-18)40-23-13-11-22(12-14-23)34-28(37)19-6-9-21(33)10-7-19/h1-17,27H,(H,34,37)(H,35,36,38). The highest BCUT2D eigenvalue weighted by Crippen LogP contribution is 2.38. The maximum atomic E-state index is 13.5. The Hall–Kier alpha value is -3.69. The van der Waals surface area contributed by atoms with E-state index in [0.29, 0.717) is 32.1 Å². The van der Waals surface area contributed by atoms with Crippen LogP contribution in [0.15, 0.2) is 107 Å². The molecular weight excluding hydrogens is 588 g/mol. The molecule has 0 saturated carbocycles. The second kappa shape index (κ2) is 12.7. The highest BCUT2D eigenvalue weighted by Gasteiger charge is 2.23. The van der Waals surface area contributed by atoms with Gasteiger partial charge in [-0.05, 0) is 72.3 Å². The van der Waals surface area contributed by atoms with E-state index >= 15 is 0 Å². The Labute approximate surface area is 248 Å². The molecule has 4 aromatic carbocycles. The van der Waals surface area contributed by atoms with Gasteiger partial charge in [-0.3, -0.25) is 9.59 Å². The molecule has 5 aromatic rings. The molecule has 40 heavy (non-hydrogen) atoms. The number of aromatic nitrogens is 1. The largest absolute Gasteiger partial charge is 0.322 e. The molecule has 0 radical (unpaired) electrons. The lowest BCUT2D eigenvalue weighted by Gasteiger charge is -2.16. The summed E-state index contributed by atoms with van der Waals surface area (Å²) in [6.45, 7) is 0. The molecule has 1 aromatic heterocycles. The number of amides is 2. The van der Waals surface area contributed by atoms with Gasteiger partial charge in [-0.15, -0.1) is 23.1 Å². The van der Waals surface area contributed by atoms with Crippen molar-refractivity contribution in [2.24, 2.45) is 0 Å². The number of benzene rings is 4. The van der Waals surface area contributed by atoms with Crippen LogP contribution in [-0.2, 0) is 4.79 Å². The lowest BCUT2D eigenvalue weighted by atomic mass is 10.1. The van der Waals surface area contributed by atoms with Crippen LogP contribution < -0.4 is 10.6 Å². The van der Waals surface area contributed by atoms with Gasteiger partial charge in [0.1, 0.15) is 11.1 Å². The van der Waals surface area contributed by atoms with Crippen LogP contribution in [0.2, 0.25) is 10.0 Å². The van der Waals surface area contributed by atoms with Gasteiger partial charge in [-0.1, -0.05) is 53.5 Å². The molecule has 0 aliphatic rings. The van der Waals surface area contributed by atoms with Crippen molar-refractivity contribution in [3.8, 4) is 11.3 Å². The first-order valence-electron chi connectivity index (χ1n) is 12.0. The molecule has 0 fully saturated rings. The molecule has 0 bridgehead atoms. The number of nitrogens with one attached hydrogen (secondary N) is 2. The van der Waals surface area contributed by atoms with Gasteiger partial charge in [0.25, 0.3) is 5.91 Å². The van der Waals surface area contributed by atoms with Crippen LogP contribution in [0.4, 0.5) is 15.2 Å². The van der Waals surface area contributed by atoms with Crippen LogP contribution in [0.5, 0.6) is 0 Å². The van der Waals surface area contributed by atoms with Crippen LogP contribution in [-0.4, -0.2) is 16.8 Å². The number of thioether (sulfide) groups is 1. The topological polar surface area (TPSA) is 71.1 Å². The Morgan fingerprint density at radius 3 is 2.30 bits per heavy atom. The summed E-state index contributed by atoms with van der Waals surface area (Å²) in [5.41, 5.74) is 3.13. The number of hydrogen-bond acceptors (Lipinski definition) is 5. The Morgan fingerprint density at radius 1 is 0.875 bits per heavy atom. The third kappa shape index (κ3) is 6.89. The maximum absolute atomic E-state index is 13.5. The van der Waals surface area contributed by atoms with Gasteiger partial charge < -0.3 is 10.6 Å². The van der Waals surface area contributed by atoms with Gasteiger partial charge in [0.05, 0.1) is 10.7 Å². The SMILES string of the molecule is O=C(Nc1ccc(SC(C(=O)Nc2nc(-c3ccc(Cl)cc3Cl)cs2)c2ccccc2)cc1)c1ccc(F)cc1. The Kier molecular flexibility index (Phi) is 8.81. The highest BCUT2D eigenvalue weighted by atomic mass is 35.5. The molecule has 10 heteroatoms. The summed E-state index contributed by atoms with van der Waals surface area (Å²) in [7, 11) is 0. The third-order valence-electron chi connectivity index (χ3n) is 5.75. The summed E-state index contributed by atoms with van der Waals surface area (Å²) in [6.07, 6.45) is 0. The van der Waals surface area contributed by atoms with E-state index in [4.69, 9.17) is 23.2 Å². The van der Waals surface area contributed by atoms with Gasteiger partial charge in [-0.2, -0.15) is 0 Å². The van der Waals surface area contributed by atoms with Crippen molar-refractivity contribution in [1.29, 1.82) is 0 Å². The molecule has 0 aliphatic heterocycles. The highest BCUT2D eigenvalue weighted by molar-refractivity contribution is 8.00. The van der Waals surface area contributed by atoms with Crippen molar-refractivity contribution < 1.29 is 14.0 Å². The molecule has 0 aliphatic carbocycles. The Bertz CT molecular complexity index is 1650.